The number of nitrogens with one attached hydrogen (secondary N) is 3. The second-order valence-corrected chi connectivity index (χ2v) is 8.53. The Kier molecular flexibility index (Phi) is 16.2. The van der Waals surface area contributed by atoms with Crippen LogP contribution in [-0.2, 0) is 24.0 Å². The molecule has 0 fully saturated rings. The number of carboxylic acids is 1. The van der Waals surface area contributed by atoms with E-state index in [1.165, 1.54) is 6.92 Å². The number of nitrogens with two attached hydrogens (primary N) is 5. The first-order valence-electron chi connectivity index (χ1n) is 11.9. The molecule has 4 amide bonds. The van der Waals surface area contributed by atoms with E-state index in [-0.39, 0.29) is 44.6 Å². The van der Waals surface area contributed by atoms with Crippen LogP contribution in [0.15, 0.2) is 4.99 Å². The molecule has 0 spiro atoms. The minimum absolute atomic E-state index is 0.0146. The van der Waals surface area contributed by atoms with Gasteiger partial charge in [0.25, 0.3) is 0 Å². The Morgan fingerprint density at radius 1 is 0.838 bits per heavy atom. The predicted octanol–water partition coefficient (Wildman–Crippen LogP) is -4.32. The molecule has 0 rings (SSSR count). The number of aliphatic hydroxyl groups is 1. The Bertz CT molecular complexity index is 803. The highest BCUT2D eigenvalue weighted by Crippen LogP contribution is 2.06. The molecule has 0 aliphatic rings. The monoisotopic (exact) mass is 531 g/mol. The number of aliphatic carboxylic acids is 1. The first-order valence-corrected chi connectivity index (χ1v) is 11.9. The fraction of sp³-hybridized carbons (Fsp3) is 0.714. The molecular formula is C21H41N9O7. The zero-order chi connectivity index (χ0) is 28.5. The average Bonchev–Trinajstić information content (AvgIpc) is 2.81. The molecule has 0 bridgehead atoms. The molecule has 37 heavy (non-hydrogen) atoms. The second-order valence-electron chi connectivity index (χ2n) is 8.53. The fourth-order valence-corrected chi connectivity index (χ4v) is 3.15. The number of amides is 4. The number of primary amides is 1. The van der Waals surface area contributed by atoms with Crippen molar-refractivity contribution in [1.29, 1.82) is 0 Å². The van der Waals surface area contributed by atoms with Crippen LogP contribution in [0, 0.1) is 0 Å². The van der Waals surface area contributed by atoms with Gasteiger partial charge in [-0.05, 0) is 52.0 Å². The van der Waals surface area contributed by atoms with Gasteiger partial charge in [0.15, 0.2) is 5.96 Å². The summed E-state index contributed by atoms with van der Waals surface area (Å²) in [6.45, 7) is 1.73. The number of guanidine groups is 1. The normalized spacial score (nSPS) is 14.8. The van der Waals surface area contributed by atoms with Crippen molar-refractivity contribution in [3.05, 3.63) is 0 Å². The average molecular weight is 532 g/mol. The van der Waals surface area contributed by atoms with Crippen LogP contribution in [0.3, 0.4) is 0 Å². The van der Waals surface area contributed by atoms with Crippen LogP contribution in [0.25, 0.3) is 0 Å². The summed E-state index contributed by atoms with van der Waals surface area (Å²) in [5.41, 5.74) is 26.8. The van der Waals surface area contributed by atoms with Crippen LogP contribution in [-0.4, -0.2) is 89.1 Å². The number of carbonyl (C=O) groups excluding carboxylic acids is 4. The lowest BCUT2D eigenvalue weighted by Crippen LogP contribution is -2.59. The van der Waals surface area contributed by atoms with Crippen molar-refractivity contribution in [2.75, 3.05) is 13.1 Å². The number of hydrogen-bond acceptors (Lipinski definition) is 9. The summed E-state index contributed by atoms with van der Waals surface area (Å²) >= 11 is 0. The van der Waals surface area contributed by atoms with Crippen molar-refractivity contribution < 1.29 is 34.2 Å². The van der Waals surface area contributed by atoms with Crippen molar-refractivity contribution in [2.24, 2.45) is 33.7 Å². The molecule has 5 unspecified atom stereocenters. The molecule has 0 aromatic heterocycles. The quantitative estimate of drug-likeness (QED) is 0.0431. The number of hydrogen-bond donors (Lipinski definition) is 10. The Labute approximate surface area is 215 Å². The van der Waals surface area contributed by atoms with Crippen molar-refractivity contribution in [3.63, 3.8) is 0 Å². The number of rotatable bonds is 19. The molecule has 0 heterocycles. The molecular weight excluding hydrogens is 490 g/mol. The molecule has 5 atom stereocenters. The lowest BCUT2D eigenvalue weighted by molar-refractivity contribution is -0.143. The third kappa shape index (κ3) is 14.6. The largest absolute Gasteiger partial charge is 0.480 e. The molecule has 0 saturated heterocycles. The standard InChI is InChI=1S/C21H41N9O7/c1-11(31)16(19(35)29-14(20(36)37)6-4-10-27-21(25)26)30-18(34)13(5-2-3-9-22)28-17(33)12(23)7-8-15(24)32/h11-14,16,31H,2-10,22-23H2,1H3,(H2,24,32)(H,28,33)(H,29,35)(H,30,34)(H,36,37)(H4,25,26,27). The predicted molar refractivity (Wildman–Crippen MR) is 134 cm³/mol. The van der Waals surface area contributed by atoms with Crippen LogP contribution in [0.4, 0.5) is 0 Å². The van der Waals surface area contributed by atoms with Gasteiger partial charge in [-0.1, -0.05) is 0 Å². The van der Waals surface area contributed by atoms with Crippen molar-refractivity contribution >= 4 is 35.6 Å². The molecule has 0 radical (unpaired) electrons. The van der Waals surface area contributed by atoms with E-state index in [2.05, 4.69) is 20.9 Å². The highest BCUT2D eigenvalue weighted by molar-refractivity contribution is 5.94. The molecule has 212 valence electrons. The topological polar surface area (TPSA) is 304 Å². The number of carboxylic acid groups (broad SMARTS) is 1. The van der Waals surface area contributed by atoms with Crippen LogP contribution in [0.5, 0.6) is 0 Å². The molecule has 16 nitrogen and oxygen atoms in total. The molecule has 0 aromatic rings. The molecule has 16 heteroatoms. The van der Waals surface area contributed by atoms with Gasteiger partial charge in [0.2, 0.25) is 23.6 Å². The van der Waals surface area contributed by atoms with E-state index in [1.54, 1.807) is 0 Å². The maximum Gasteiger partial charge on any atom is 0.326 e. The Balaban J connectivity index is 5.38. The molecule has 0 aliphatic carbocycles. The number of aliphatic hydroxyl groups excluding tert-OH is 1. The summed E-state index contributed by atoms with van der Waals surface area (Å²) < 4.78 is 0. The second kappa shape index (κ2) is 17.9. The maximum atomic E-state index is 13.0. The summed E-state index contributed by atoms with van der Waals surface area (Å²) in [5.74, 6) is -4.57. The summed E-state index contributed by atoms with van der Waals surface area (Å²) in [5, 5.41) is 26.6. The van der Waals surface area contributed by atoms with Crippen LogP contribution >= 0.6 is 0 Å². The zero-order valence-electron chi connectivity index (χ0n) is 21.0. The summed E-state index contributed by atoms with van der Waals surface area (Å²) in [7, 11) is 0. The first kappa shape index (κ1) is 33.5. The van der Waals surface area contributed by atoms with Crippen LogP contribution in [0.2, 0.25) is 0 Å². The molecule has 0 aromatic carbocycles. The van der Waals surface area contributed by atoms with E-state index in [1.807, 2.05) is 0 Å². The Morgan fingerprint density at radius 3 is 1.95 bits per heavy atom. The van der Waals surface area contributed by atoms with Gasteiger partial charge in [0, 0.05) is 13.0 Å². The fourth-order valence-electron chi connectivity index (χ4n) is 3.15. The van der Waals surface area contributed by atoms with E-state index < -0.39 is 59.9 Å². The van der Waals surface area contributed by atoms with Gasteiger partial charge in [-0.2, -0.15) is 0 Å². The van der Waals surface area contributed by atoms with Crippen molar-refractivity contribution in [1.82, 2.24) is 16.0 Å². The van der Waals surface area contributed by atoms with E-state index in [4.69, 9.17) is 28.7 Å². The van der Waals surface area contributed by atoms with Gasteiger partial charge in [0.1, 0.15) is 18.1 Å². The highest BCUT2D eigenvalue weighted by Gasteiger charge is 2.32. The van der Waals surface area contributed by atoms with Gasteiger partial charge in [-0.15, -0.1) is 0 Å². The summed E-state index contributed by atoms with van der Waals surface area (Å²) in [4.78, 5) is 64.4. The molecule has 0 aliphatic heterocycles. The van der Waals surface area contributed by atoms with Gasteiger partial charge >= 0.3 is 5.97 Å². The van der Waals surface area contributed by atoms with Gasteiger partial charge < -0.3 is 54.8 Å². The minimum Gasteiger partial charge on any atom is -0.480 e. The van der Waals surface area contributed by atoms with Crippen molar-refractivity contribution in [2.45, 2.75) is 82.1 Å². The number of unbranched alkanes of at least 4 members (excludes halogenated alkanes) is 1. The highest BCUT2D eigenvalue weighted by atomic mass is 16.4. The SMILES string of the molecule is CC(O)C(NC(=O)C(CCCCN)NC(=O)C(N)CCC(N)=O)C(=O)NC(CCCN=C(N)N)C(=O)O. The number of carbonyl (C=O) groups is 5. The smallest absolute Gasteiger partial charge is 0.326 e. The zero-order valence-corrected chi connectivity index (χ0v) is 21.0. The Morgan fingerprint density at radius 2 is 1.43 bits per heavy atom. The third-order valence-electron chi connectivity index (χ3n) is 5.24. The lowest BCUT2D eigenvalue weighted by atomic mass is 10.0. The van der Waals surface area contributed by atoms with E-state index >= 15 is 0 Å². The van der Waals surface area contributed by atoms with E-state index in [9.17, 15) is 34.2 Å². The minimum atomic E-state index is -1.52. The summed E-state index contributed by atoms with van der Waals surface area (Å²) in [6, 6.07) is -5.10. The van der Waals surface area contributed by atoms with E-state index in [0.717, 1.165) is 0 Å². The first-order chi connectivity index (χ1) is 17.3. The maximum absolute atomic E-state index is 13.0. The molecule has 15 N–H and O–H groups in total. The van der Waals surface area contributed by atoms with Gasteiger partial charge in [0.05, 0.1) is 12.1 Å². The third-order valence-corrected chi connectivity index (χ3v) is 5.24. The Hall–Kier alpha value is -3.50. The van der Waals surface area contributed by atoms with Crippen LogP contribution < -0.4 is 44.6 Å². The van der Waals surface area contributed by atoms with Gasteiger partial charge in [-0.3, -0.25) is 24.2 Å². The van der Waals surface area contributed by atoms with Crippen molar-refractivity contribution in [3.8, 4) is 0 Å². The lowest BCUT2D eigenvalue weighted by Gasteiger charge is -2.26. The summed E-state index contributed by atoms with van der Waals surface area (Å²) in [6.07, 6.45) is -0.185. The number of nitrogens with zero attached hydrogens (tertiary/aromatic N) is 1. The van der Waals surface area contributed by atoms with Gasteiger partial charge in [-0.25, -0.2) is 4.79 Å². The van der Waals surface area contributed by atoms with E-state index in [0.29, 0.717) is 19.4 Å². The van der Waals surface area contributed by atoms with Crippen LogP contribution in [0.1, 0.15) is 51.9 Å². The molecule has 0 saturated carbocycles. The number of aliphatic imine (C=N–C) groups is 1.